The Morgan fingerprint density at radius 2 is 1.88 bits per heavy atom. The normalized spacial score (nSPS) is 10.9. The van der Waals surface area contributed by atoms with Crippen molar-refractivity contribution < 1.29 is 5.11 Å². The Hall–Kier alpha value is -1.61. The summed E-state index contributed by atoms with van der Waals surface area (Å²) < 4.78 is 0. The van der Waals surface area contributed by atoms with E-state index in [1.54, 1.807) is 0 Å². The third-order valence-corrected chi connectivity index (χ3v) is 2.90. The van der Waals surface area contributed by atoms with Crippen LogP contribution in [0.4, 0.5) is 5.69 Å². The Morgan fingerprint density at radius 1 is 1.18 bits per heavy atom. The van der Waals surface area contributed by atoms with Crippen molar-refractivity contribution in [1.82, 2.24) is 4.98 Å². The molecule has 3 heteroatoms. The monoisotopic (exact) mass is 230 g/mol. The molecule has 0 saturated heterocycles. The summed E-state index contributed by atoms with van der Waals surface area (Å²) in [6.07, 6.45) is 0. The predicted molar refractivity (Wildman–Crippen MR) is 71.5 cm³/mol. The maximum absolute atomic E-state index is 9.43. The first-order chi connectivity index (χ1) is 8.02. The second-order valence-corrected chi connectivity index (χ2v) is 4.66. The van der Waals surface area contributed by atoms with Crippen LogP contribution in [0.15, 0.2) is 18.2 Å². The molecule has 0 bridgehead atoms. The van der Waals surface area contributed by atoms with Gasteiger partial charge in [0.25, 0.3) is 0 Å². The van der Waals surface area contributed by atoms with E-state index in [1.807, 2.05) is 34.0 Å². The number of benzene rings is 1. The number of pyridine rings is 1. The van der Waals surface area contributed by atoms with Crippen LogP contribution in [0.1, 0.15) is 16.8 Å². The number of anilines is 1. The Balaban J connectivity index is 2.88. The highest BCUT2D eigenvalue weighted by Gasteiger charge is 2.10. The molecule has 0 aliphatic carbocycles. The maximum atomic E-state index is 9.43. The number of aliphatic hydroxyl groups excluding tert-OH is 1. The van der Waals surface area contributed by atoms with Crippen LogP contribution in [-0.2, 0) is 6.61 Å². The van der Waals surface area contributed by atoms with Crippen LogP contribution in [0.25, 0.3) is 10.9 Å². The van der Waals surface area contributed by atoms with Gasteiger partial charge < -0.3 is 10.0 Å². The number of aromatic nitrogens is 1. The lowest BCUT2D eigenvalue weighted by Gasteiger charge is -2.17. The minimum absolute atomic E-state index is 0.0293. The van der Waals surface area contributed by atoms with E-state index < -0.39 is 0 Å². The summed E-state index contributed by atoms with van der Waals surface area (Å²) in [6, 6.07) is 6.19. The van der Waals surface area contributed by atoms with Crippen molar-refractivity contribution in [3.63, 3.8) is 0 Å². The van der Waals surface area contributed by atoms with E-state index in [0.29, 0.717) is 0 Å². The van der Waals surface area contributed by atoms with E-state index in [9.17, 15) is 5.11 Å². The molecule has 0 radical (unpaired) electrons. The van der Waals surface area contributed by atoms with Crippen LogP contribution in [0.3, 0.4) is 0 Å². The van der Waals surface area contributed by atoms with Gasteiger partial charge >= 0.3 is 0 Å². The molecule has 90 valence electrons. The van der Waals surface area contributed by atoms with E-state index in [-0.39, 0.29) is 6.61 Å². The summed E-state index contributed by atoms with van der Waals surface area (Å²) in [6.45, 7) is 4.05. The maximum Gasteiger partial charge on any atom is 0.0781 e. The Labute approximate surface area is 102 Å². The second kappa shape index (κ2) is 4.34. The zero-order chi connectivity index (χ0) is 12.6. The number of nitrogens with zero attached hydrogens (tertiary/aromatic N) is 2. The van der Waals surface area contributed by atoms with Crippen molar-refractivity contribution in [2.75, 3.05) is 19.0 Å². The number of hydrogen-bond acceptors (Lipinski definition) is 3. The lowest BCUT2D eigenvalue weighted by molar-refractivity contribution is 0.283. The molecule has 2 aromatic rings. The molecule has 1 N–H and O–H groups in total. The van der Waals surface area contributed by atoms with Crippen molar-refractivity contribution in [2.45, 2.75) is 20.5 Å². The summed E-state index contributed by atoms with van der Waals surface area (Å²) in [7, 11) is 4.05. The quantitative estimate of drug-likeness (QED) is 0.860. The fourth-order valence-corrected chi connectivity index (χ4v) is 2.16. The van der Waals surface area contributed by atoms with Gasteiger partial charge in [0.1, 0.15) is 0 Å². The smallest absolute Gasteiger partial charge is 0.0781 e. The largest absolute Gasteiger partial charge is 0.392 e. The minimum atomic E-state index is 0.0293. The van der Waals surface area contributed by atoms with Gasteiger partial charge in [0, 0.05) is 36.4 Å². The van der Waals surface area contributed by atoms with Gasteiger partial charge in [-0.1, -0.05) is 6.07 Å². The molecule has 0 amide bonds. The fourth-order valence-electron chi connectivity index (χ4n) is 2.16. The summed E-state index contributed by atoms with van der Waals surface area (Å²) in [5, 5.41) is 10.5. The molecule has 3 nitrogen and oxygen atoms in total. The minimum Gasteiger partial charge on any atom is -0.392 e. The van der Waals surface area contributed by atoms with E-state index in [1.165, 1.54) is 0 Å². The van der Waals surface area contributed by atoms with E-state index in [4.69, 9.17) is 0 Å². The highest BCUT2D eigenvalue weighted by molar-refractivity contribution is 5.94. The highest BCUT2D eigenvalue weighted by atomic mass is 16.3. The van der Waals surface area contributed by atoms with E-state index >= 15 is 0 Å². The Morgan fingerprint density at radius 3 is 2.47 bits per heavy atom. The molecule has 0 aliphatic heterocycles. The van der Waals surface area contributed by atoms with Gasteiger partial charge in [0.2, 0.25) is 0 Å². The summed E-state index contributed by atoms with van der Waals surface area (Å²) in [5.41, 5.74) is 5.06. The third-order valence-electron chi connectivity index (χ3n) is 2.90. The van der Waals surface area contributed by atoms with Crippen LogP contribution in [0.5, 0.6) is 0 Å². The third kappa shape index (κ3) is 2.11. The molecule has 1 heterocycles. The van der Waals surface area contributed by atoms with Crippen molar-refractivity contribution >= 4 is 16.6 Å². The average Bonchev–Trinajstić information content (AvgIpc) is 2.27. The topological polar surface area (TPSA) is 36.4 Å². The number of hydrogen-bond donors (Lipinski definition) is 1. The predicted octanol–water partition coefficient (Wildman–Crippen LogP) is 2.41. The molecule has 2 rings (SSSR count). The van der Waals surface area contributed by atoms with E-state index in [2.05, 4.69) is 22.0 Å². The average molecular weight is 230 g/mol. The number of aliphatic hydroxyl groups is 1. The second-order valence-electron chi connectivity index (χ2n) is 4.66. The lowest BCUT2D eigenvalue weighted by atomic mass is 10.0. The van der Waals surface area contributed by atoms with Gasteiger partial charge in [-0.2, -0.15) is 0 Å². The van der Waals surface area contributed by atoms with Gasteiger partial charge in [0.05, 0.1) is 12.1 Å². The molecule has 0 fully saturated rings. The molecular weight excluding hydrogens is 212 g/mol. The van der Waals surface area contributed by atoms with Crippen molar-refractivity contribution in [3.05, 3.63) is 35.0 Å². The summed E-state index contributed by atoms with van der Waals surface area (Å²) in [5.74, 6) is 0. The lowest BCUT2D eigenvalue weighted by Crippen LogP contribution is -2.10. The van der Waals surface area contributed by atoms with Crippen molar-refractivity contribution in [2.24, 2.45) is 0 Å². The molecule has 1 aromatic heterocycles. The van der Waals surface area contributed by atoms with Crippen LogP contribution in [-0.4, -0.2) is 24.2 Å². The van der Waals surface area contributed by atoms with Gasteiger partial charge in [0.15, 0.2) is 0 Å². The van der Waals surface area contributed by atoms with Gasteiger partial charge in [-0.15, -0.1) is 0 Å². The molecule has 0 atom stereocenters. The van der Waals surface area contributed by atoms with Crippen LogP contribution in [0.2, 0.25) is 0 Å². The van der Waals surface area contributed by atoms with Crippen molar-refractivity contribution in [1.29, 1.82) is 0 Å². The molecule has 0 aliphatic rings. The standard InChI is InChI=1S/C14H18N2O/c1-9-5-11(8-17)14-12(6-9)13(16(3)4)7-10(2)15-14/h5-7,17H,8H2,1-4H3. The molecule has 17 heavy (non-hydrogen) atoms. The number of fused-ring (bicyclic) bond motifs is 1. The molecular formula is C14H18N2O. The van der Waals surface area contributed by atoms with Gasteiger partial charge in [-0.3, -0.25) is 4.98 Å². The van der Waals surface area contributed by atoms with Crippen LogP contribution < -0.4 is 4.90 Å². The highest BCUT2D eigenvalue weighted by Crippen LogP contribution is 2.28. The van der Waals surface area contributed by atoms with Crippen LogP contribution >= 0.6 is 0 Å². The van der Waals surface area contributed by atoms with Crippen molar-refractivity contribution in [3.8, 4) is 0 Å². The summed E-state index contributed by atoms with van der Waals surface area (Å²) >= 11 is 0. The van der Waals surface area contributed by atoms with E-state index in [0.717, 1.165) is 33.4 Å². The number of rotatable bonds is 2. The van der Waals surface area contributed by atoms with Gasteiger partial charge in [-0.05, 0) is 31.5 Å². The SMILES string of the molecule is Cc1cc(CO)c2nc(C)cc(N(C)C)c2c1. The van der Waals surface area contributed by atoms with Gasteiger partial charge in [-0.25, -0.2) is 0 Å². The Kier molecular flexibility index (Phi) is 3.03. The first-order valence-electron chi connectivity index (χ1n) is 5.72. The molecule has 0 saturated carbocycles. The van der Waals surface area contributed by atoms with Crippen LogP contribution in [0, 0.1) is 13.8 Å². The fraction of sp³-hybridized carbons (Fsp3) is 0.357. The number of aryl methyl sites for hydroxylation is 2. The molecule has 0 spiro atoms. The summed E-state index contributed by atoms with van der Waals surface area (Å²) in [4.78, 5) is 6.62. The zero-order valence-corrected chi connectivity index (χ0v) is 10.8. The molecule has 1 aromatic carbocycles. The first kappa shape index (κ1) is 11.9. The molecule has 0 unspecified atom stereocenters. The zero-order valence-electron chi connectivity index (χ0n) is 10.8. The Bertz CT molecular complexity index is 562. The first-order valence-corrected chi connectivity index (χ1v) is 5.72.